The molecule has 0 saturated carbocycles. The maximum atomic E-state index is 11.9. The second kappa shape index (κ2) is 12.5. The molecule has 2 atom stereocenters. The molecule has 0 aliphatic heterocycles. The van der Waals surface area contributed by atoms with Crippen LogP contribution in [0.5, 0.6) is 0 Å². The highest BCUT2D eigenvalue weighted by Crippen LogP contribution is 2.44. The third kappa shape index (κ3) is 7.01. The van der Waals surface area contributed by atoms with Crippen LogP contribution in [0.2, 0.25) is 0 Å². The summed E-state index contributed by atoms with van der Waals surface area (Å²) >= 11 is 0. The van der Waals surface area contributed by atoms with Crippen molar-refractivity contribution in [3.63, 3.8) is 0 Å². The fraction of sp³-hybridized carbons (Fsp3) is 0.348. The van der Waals surface area contributed by atoms with E-state index < -0.39 is 30.1 Å². The second-order valence-corrected chi connectivity index (χ2v) is 7.33. The second-order valence-electron chi connectivity index (χ2n) is 7.33. The average Bonchev–Trinajstić information content (AvgIpc) is 3.11. The van der Waals surface area contributed by atoms with Gasteiger partial charge in [0.15, 0.2) is 0 Å². The quantitative estimate of drug-likeness (QED) is 0.320. The standard InChI is InChI=1S/C19H19NO5.C4H9NO3/c21-10-9-17(18(22)23)20-19(24)25-11-16-14-7-3-1-5-12(14)13-6-2-4-8-15(13)16;5-3(1-2-6)4(7)8/h1-8,16-17,21H,9-11H2,(H,20,24)(H,22,23);3,6H,1-2,5H2,(H,7,8). The monoisotopic (exact) mass is 460 g/mol. The molecule has 0 saturated heterocycles. The molecule has 0 aromatic heterocycles. The molecule has 178 valence electrons. The Morgan fingerprint density at radius 3 is 1.82 bits per heavy atom. The van der Waals surface area contributed by atoms with Crippen LogP contribution in [-0.2, 0) is 14.3 Å². The lowest BCUT2D eigenvalue weighted by Gasteiger charge is -2.17. The molecule has 3 rings (SSSR count). The van der Waals surface area contributed by atoms with Gasteiger partial charge >= 0.3 is 18.0 Å². The number of rotatable bonds is 9. The Labute approximate surface area is 190 Å². The summed E-state index contributed by atoms with van der Waals surface area (Å²) in [5.74, 6) is -2.36. The molecule has 1 amide bonds. The number of carbonyl (C=O) groups excluding carboxylic acids is 1. The van der Waals surface area contributed by atoms with Gasteiger partial charge in [-0.25, -0.2) is 9.59 Å². The smallest absolute Gasteiger partial charge is 0.407 e. The van der Waals surface area contributed by atoms with Crippen molar-refractivity contribution in [1.29, 1.82) is 0 Å². The van der Waals surface area contributed by atoms with Crippen LogP contribution in [0.15, 0.2) is 48.5 Å². The van der Waals surface area contributed by atoms with E-state index in [-0.39, 0.29) is 38.6 Å². The Hall–Kier alpha value is -3.47. The summed E-state index contributed by atoms with van der Waals surface area (Å²) in [7, 11) is 0. The van der Waals surface area contributed by atoms with Crippen LogP contribution < -0.4 is 11.1 Å². The SMILES string of the molecule is NC(CCO)C(=O)O.O=C(NC(CCO)C(=O)O)OCC1c2ccccc2-c2ccccc21. The largest absolute Gasteiger partial charge is 0.480 e. The maximum absolute atomic E-state index is 11.9. The van der Waals surface area contributed by atoms with E-state index >= 15 is 0 Å². The van der Waals surface area contributed by atoms with Crippen molar-refractivity contribution in [2.45, 2.75) is 30.8 Å². The third-order valence-corrected chi connectivity index (χ3v) is 5.11. The molecule has 2 aromatic rings. The van der Waals surface area contributed by atoms with Crippen LogP contribution in [0, 0.1) is 0 Å². The number of alkyl carbamates (subject to hydrolysis) is 1. The summed E-state index contributed by atoms with van der Waals surface area (Å²) in [5.41, 5.74) is 9.38. The van der Waals surface area contributed by atoms with E-state index in [1.165, 1.54) is 0 Å². The van der Waals surface area contributed by atoms with E-state index in [1.807, 2.05) is 48.5 Å². The minimum Gasteiger partial charge on any atom is -0.480 e. The molecule has 10 nitrogen and oxygen atoms in total. The Balaban J connectivity index is 0.000000414. The van der Waals surface area contributed by atoms with Gasteiger partial charge < -0.3 is 36.2 Å². The predicted molar refractivity (Wildman–Crippen MR) is 119 cm³/mol. The van der Waals surface area contributed by atoms with Crippen LogP contribution in [0.4, 0.5) is 4.79 Å². The predicted octanol–water partition coefficient (Wildman–Crippen LogP) is 1.14. The number of carboxylic acids is 2. The number of aliphatic carboxylic acids is 2. The molecule has 0 radical (unpaired) electrons. The molecule has 33 heavy (non-hydrogen) atoms. The molecule has 0 heterocycles. The zero-order valence-corrected chi connectivity index (χ0v) is 17.9. The van der Waals surface area contributed by atoms with E-state index in [1.54, 1.807) is 0 Å². The van der Waals surface area contributed by atoms with E-state index in [4.69, 9.17) is 30.9 Å². The zero-order valence-electron chi connectivity index (χ0n) is 17.9. The molecule has 10 heteroatoms. The third-order valence-electron chi connectivity index (χ3n) is 5.11. The van der Waals surface area contributed by atoms with Crippen molar-refractivity contribution in [1.82, 2.24) is 5.32 Å². The Kier molecular flexibility index (Phi) is 9.80. The normalized spacial score (nSPS) is 13.5. The van der Waals surface area contributed by atoms with Crippen molar-refractivity contribution in [2.75, 3.05) is 19.8 Å². The van der Waals surface area contributed by atoms with Crippen LogP contribution in [-0.4, -0.2) is 70.4 Å². The van der Waals surface area contributed by atoms with Crippen LogP contribution in [0.3, 0.4) is 0 Å². The summed E-state index contributed by atoms with van der Waals surface area (Å²) < 4.78 is 5.27. The first-order valence-corrected chi connectivity index (χ1v) is 10.3. The number of nitrogens with one attached hydrogen (secondary N) is 1. The number of benzene rings is 2. The number of nitrogens with two attached hydrogens (primary N) is 1. The molecule has 2 unspecified atom stereocenters. The topological polar surface area (TPSA) is 179 Å². The van der Waals surface area contributed by atoms with E-state index in [0.717, 1.165) is 22.3 Å². The van der Waals surface area contributed by atoms with Crippen molar-refractivity contribution in [3.05, 3.63) is 59.7 Å². The van der Waals surface area contributed by atoms with E-state index in [9.17, 15) is 14.4 Å². The van der Waals surface area contributed by atoms with Crippen molar-refractivity contribution >= 4 is 18.0 Å². The van der Waals surface area contributed by atoms with Gasteiger partial charge in [-0.15, -0.1) is 0 Å². The minimum absolute atomic E-state index is 0.0699. The van der Waals surface area contributed by atoms with Crippen molar-refractivity contribution in [2.24, 2.45) is 5.73 Å². The molecule has 0 bridgehead atoms. The lowest BCUT2D eigenvalue weighted by atomic mass is 9.98. The lowest BCUT2D eigenvalue weighted by Crippen LogP contribution is -2.42. The Bertz CT molecular complexity index is 919. The fourth-order valence-corrected chi connectivity index (χ4v) is 3.43. The molecule has 1 aliphatic rings. The fourth-order valence-electron chi connectivity index (χ4n) is 3.43. The van der Waals surface area contributed by atoms with Gasteiger partial charge in [-0.2, -0.15) is 0 Å². The summed E-state index contributed by atoms with van der Waals surface area (Å²) in [6, 6.07) is 13.8. The summed E-state index contributed by atoms with van der Waals surface area (Å²) in [6.07, 6.45) is -0.753. The highest BCUT2D eigenvalue weighted by atomic mass is 16.5. The average molecular weight is 460 g/mol. The minimum atomic E-state index is -1.21. The number of ether oxygens (including phenoxy) is 1. The summed E-state index contributed by atoms with van der Waals surface area (Å²) in [4.78, 5) is 32.8. The van der Waals surface area contributed by atoms with Gasteiger partial charge in [0, 0.05) is 25.6 Å². The van der Waals surface area contributed by atoms with Gasteiger partial charge in [-0.3, -0.25) is 4.79 Å². The number of amides is 1. The van der Waals surface area contributed by atoms with Crippen LogP contribution in [0.1, 0.15) is 29.9 Å². The molecule has 1 aliphatic carbocycles. The maximum Gasteiger partial charge on any atom is 0.407 e. The Morgan fingerprint density at radius 2 is 1.39 bits per heavy atom. The highest BCUT2D eigenvalue weighted by Gasteiger charge is 2.29. The highest BCUT2D eigenvalue weighted by molar-refractivity contribution is 5.81. The van der Waals surface area contributed by atoms with Crippen molar-refractivity contribution < 1.29 is 39.5 Å². The number of carboxylic acid groups (broad SMARTS) is 2. The number of fused-ring (bicyclic) bond motifs is 3. The van der Waals surface area contributed by atoms with Gasteiger partial charge in [0.25, 0.3) is 0 Å². The summed E-state index contributed by atoms with van der Waals surface area (Å²) in [6.45, 7) is -0.389. The number of aliphatic hydroxyl groups is 2. The van der Waals surface area contributed by atoms with E-state index in [0.29, 0.717) is 0 Å². The molecular formula is C23H28N2O8. The first-order chi connectivity index (χ1) is 15.8. The first-order valence-electron chi connectivity index (χ1n) is 10.3. The first kappa shape index (κ1) is 25.8. The molecule has 0 fully saturated rings. The zero-order chi connectivity index (χ0) is 24.4. The lowest BCUT2D eigenvalue weighted by molar-refractivity contribution is -0.140. The molecular weight excluding hydrogens is 432 g/mol. The van der Waals surface area contributed by atoms with Gasteiger partial charge in [0.2, 0.25) is 0 Å². The molecule has 2 aromatic carbocycles. The van der Waals surface area contributed by atoms with Crippen LogP contribution >= 0.6 is 0 Å². The number of hydrogen-bond acceptors (Lipinski definition) is 7. The number of carbonyl (C=O) groups is 3. The number of aliphatic hydroxyl groups excluding tert-OH is 2. The number of hydrogen-bond donors (Lipinski definition) is 6. The van der Waals surface area contributed by atoms with Gasteiger partial charge in [-0.1, -0.05) is 48.5 Å². The molecule has 7 N–H and O–H groups in total. The van der Waals surface area contributed by atoms with Crippen molar-refractivity contribution in [3.8, 4) is 11.1 Å². The van der Waals surface area contributed by atoms with Crippen LogP contribution in [0.25, 0.3) is 11.1 Å². The van der Waals surface area contributed by atoms with Gasteiger partial charge in [-0.05, 0) is 28.7 Å². The van der Waals surface area contributed by atoms with E-state index in [2.05, 4.69) is 5.32 Å². The van der Waals surface area contributed by atoms with Gasteiger partial charge in [0.1, 0.15) is 18.7 Å². The summed E-state index contributed by atoms with van der Waals surface area (Å²) in [5, 5.41) is 36.4. The Morgan fingerprint density at radius 1 is 0.879 bits per heavy atom. The molecule has 0 spiro atoms. The van der Waals surface area contributed by atoms with Gasteiger partial charge in [0.05, 0.1) is 0 Å².